The van der Waals surface area contributed by atoms with Gasteiger partial charge in [0.25, 0.3) is 0 Å². The number of hydrogen-bond acceptors (Lipinski definition) is 2. The molecule has 2 heterocycles. The Bertz CT molecular complexity index is 680. The molecule has 0 bridgehead atoms. The molecule has 0 radical (unpaired) electrons. The number of fused-ring (bicyclic) bond motifs is 1. The van der Waals surface area contributed by atoms with Crippen molar-refractivity contribution in [2.45, 2.75) is 20.0 Å². The summed E-state index contributed by atoms with van der Waals surface area (Å²) in [6.07, 6.45) is -4.68. The van der Waals surface area contributed by atoms with E-state index in [1.807, 2.05) is 0 Å². The van der Waals surface area contributed by atoms with Crippen LogP contribution in [-0.2, 0) is 6.18 Å². The summed E-state index contributed by atoms with van der Waals surface area (Å²) >= 11 is 5.89. The SMILES string of the molecule is Cc1[nH]c2c(C)c(C#N)c(C(F)(F)F)nc2c1Cl. The highest BCUT2D eigenvalue weighted by molar-refractivity contribution is 6.36. The van der Waals surface area contributed by atoms with E-state index in [1.165, 1.54) is 6.92 Å². The second-order valence-electron chi connectivity index (χ2n) is 3.86. The summed E-state index contributed by atoms with van der Waals surface area (Å²) in [5, 5.41) is 9.00. The van der Waals surface area contributed by atoms with Crippen molar-refractivity contribution in [2.75, 3.05) is 0 Å². The standard InChI is InChI=1S/C11H7ClF3N3/c1-4-6(3-16)10(11(13,14)15)18-9-7(12)5(2)17-8(4)9/h17H,1-2H3. The van der Waals surface area contributed by atoms with E-state index in [9.17, 15) is 13.2 Å². The van der Waals surface area contributed by atoms with Gasteiger partial charge in [0.1, 0.15) is 11.6 Å². The Balaban J connectivity index is 2.97. The molecule has 0 unspecified atom stereocenters. The maximum atomic E-state index is 12.8. The number of aromatic nitrogens is 2. The first kappa shape index (κ1) is 12.7. The van der Waals surface area contributed by atoms with Crippen LogP contribution >= 0.6 is 11.6 Å². The Kier molecular flexibility index (Phi) is 2.74. The largest absolute Gasteiger partial charge is 0.434 e. The fourth-order valence-electron chi connectivity index (χ4n) is 1.78. The van der Waals surface area contributed by atoms with Crippen molar-refractivity contribution in [3.8, 4) is 6.07 Å². The number of nitrogens with zero attached hydrogens (tertiary/aromatic N) is 2. The lowest BCUT2D eigenvalue weighted by Gasteiger charge is -2.10. The summed E-state index contributed by atoms with van der Waals surface area (Å²) in [5.74, 6) is 0. The minimum absolute atomic E-state index is 0.0398. The highest BCUT2D eigenvalue weighted by Crippen LogP contribution is 2.36. The van der Waals surface area contributed by atoms with Crippen molar-refractivity contribution in [2.24, 2.45) is 0 Å². The molecule has 0 saturated heterocycles. The average molecular weight is 274 g/mol. The van der Waals surface area contributed by atoms with Crippen LogP contribution in [0.5, 0.6) is 0 Å². The molecule has 1 N–H and O–H groups in total. The Morgan fingerprint density at radius 1 is 1.33 bits per heavy atom. The van der Waals surface area contributed by atoms with E-state index in [0.717, 1.165) is 0 Å². The van der Waals surface area contributed by atoms with Crippen LogP contribution in [0.15, 0.2) is 0 Å². The van der Waals surface area contributed by atoms with Gasteiger partial charge in [0.15, 0.2) is 5.69 Å². The van der Waals surface area contributed by atoms with Crippen LogP contribution in [0.2, 0.25) is 5.02 Å². The molecule has 18 heavy (non-hydrogen) atoms. The van der Waals surface area contributed by atoms with Crippen LogP contribution in [0.1, 0.15) is 22.5 Å². The van der Waals surface area contributed by atoms with E-state index in [2.05, 4.69) is 9.97 Å². The van der Waals surface area contributed by atoms with E-state index in [1.54, 1.807) is 13.0 Å². The van der Waals surface area contributed by atoms with Gasteiger partial charge in [-0.15, -0.1) is 0 Å². The molecule has 2 rings (SSSR count). The van der Waals surface area contributed by atoms with Crippen LogP contribution in [0.3, 0.4) is 0 Å². The molecule has 0 fully saturated rings. The van der Waals surface area contributed by atoms with Crippen molar-refractivity contribution in [1.29, 1.82) is 5.26 Å². The molecule has 2 aromatic heterocycles. The Labute approximate surface area is 105 Å². The van der Waals surface area contributed by atoms with Gasteiger partial charge in [0.2, 0.25) is 0 Å². The van der Waals surface area contributed by atoms with E-state index in [0.29, 0.717) is 11.2 Å². The summed E-state index contributed by atoms with van der Waals surface area (Å²) in [4.78, 5) is 6.32. The number of alkyl halides is 3. The van der Waals surface area contributed by atoms with Gasteiger partial charge in [0, 0.05) is 5.69 Å². The maximum Gasteiger partial charge on any atom is 0.434 e. The quantitative estimate of drug-likeness (QED) is 0.795. The Hall–Kier alpha value is -1.74. The molecule has 0 amide bonds. The molecular weight excluding hydrogens is 267 g/mol. The van der Waals surface area contributed by atoms with E-state index in [-0.39, 0.29) is 16.1 Å². The van der Waals surface area contributed by atoms with Gasteiger partial charge in [-0.05, 0) is 19.4 Å². The lowest BCUT2D eigenvalue weighted by Crippen LogP contribution is -2.12. The molecule has 0 aliphatic heterocycles. The van der Waals surface area contributed by atoms with E-state index >= 15 is 0 Å². The molecule has 2 aromatic rings. The monoisotopic (exact) mass is 273 g/mol. The predicted octanol–water partition coefficient (Wildman–Crippen LogP) is 3.72. The van der Waals surface area contributed by atoms with Crippen molar-refractivity contribution >= 4 is 22.6 Å². The second-order valence-corrected chi connectivity index (χ2v) is 4.24. The first-order chi connectivity index (χ1) is 8.27. The van der Waals surface area contributed by atoms with Crippen LogP contribution in [-0.4, -0.2) is 9.97 Å². The van der Waals surface area contributed by atoms with Gasteiger partial charge in [-0.1, -0.05) is 11.6 Å². The van der Waals surface area contributed by atoms with Crippen molar-refractivity contribution in [3.05, 3.63) is 27.5 Å². The molecule has 0 saturated carbocycles. The van der Waals surface area contributed by atoms with Crippen LogP contribution in [0.4, 0.5) is 13.2 Å². The van der Waals surface area contributed by atoms with Gasteiger partial charge >= 0.3 is 6.18 Å². The van der Waals surface area contributed by atoms with Crippen molar-refractivity contribution < 1.29 is 13.2 Å². The number of H-pyrrole nitrogens is 1. The minimum atomic E-state index is -4.68. The topological polar surface area (TPSA) is 52.5 Å². The highest BCUT2D eigenvalue weighted by atomic mass is 35.5. The number of hydrogen-bond donors (Lipinski definition) is 1. The third kappa shape index (κ3) is 1.71. The molecule has 94 valence electrons. The molecular formula is C11H7ClF3N3. The zero-order chi connectivity index (χ0) is 13.7. The van der Waals surface area contributed by atoms with Gasteiger partial charge in [-0.3, -0.25) is 0 Å². The molecule has 0 aliphatic rings. The zero-order valence-electron chi connectivity index (χ0n) is 9.41. The van der Waals surface area contributed by atoms with Crippen LogP contribution in [0.25, 0.3) is 11.0 Å². The number of halogens is 4. The van der Waals surface area contributed by atoms with Crippen LogP contribution < -0.4 is 0 Å². The van der Waals surface area contributed by atoms with Gasteiger partial charge in [0.05, 0.1) is 16.1 Å². The zero-order valence-corrected chi connectivity index (χ0v) is 10.2. The summed E-state index contributed by atoms with van der Waals surface area (Å²) in [6, 6.07) is 1.55. The second kappa shape index (κ2) is 3.89. The lowest BCUT2D eigenvalue weighted by molar-refractivity contribution is -0.141. The third-order valence-corrected chi connectivity index (χ3v) is 3.14. The average Bonchev–Trinajstić information content (AvgIpc) is 2.55. The molecule has 3 nitrogen and oxygen atoms in total. The van der Waals surface area contributed by atoms with E-state index < -0.39 is 17.4 Å². The van der Waals surface area contributed by atoms with Gasteiger partial charge in [-0.25, -0.2) is 4.98 Å². The van der Waals surface area contributed by atoms with Gasteiger partial charge in [-0.2, -0.15) is 18.4 Å². The minimum Gasteiger partial charge on any atom is -0.356 e. The highest BCUT2D eigenvalue weighted by Gasteiger charge is 2.37. The lowest BCUT2D eigenvalue weighted by atomic mass is 10.1. The maximum absolute atomic E-state index is 12.8. The molecule has 7 heteroatoms. The number of aromatic amines is 1. The molecule has 0 aromatic carbocycles. The number of nitrogens with one attached hydrogen (secondary N) is 1. The van der Waals surface area contributed by atoms with E-state index in [4.69, 9.17) is 16.9 Å². The van der Waals surface area contributed by atoms with Crippen LogP contribution in [0, 0.1) is 25.2 Å². The normalized spacial score (nSPS) is 11.8. The number of rotatable bonds is 0. The summed E-state index contributed by atoms with van der Waals surface area (Å²) in [7, 11) is 0. The van der Waals surface area contributed by atoms with Crippen molar-refractivity contribution in [3.63, 3.8) is 0 Å². The number of pyridine rings is 1. The number of nitriles is 1. The van der Waals surface area contributed by atoms with Gasteiger partial charge < -0.3 is 4.98 Å². The Morgan fingerprint density at radius 3 is 2.44 bits per heavy atom. The number of aryl methyl sites for hydroxylation is 2. The smallest absolute Gasteiger partial charge is 0.356 e. The molecule has 0 aliphatic carbocycles. The fraction of sp³-hybridized carbons (Fsp3) is 0.273. The fourth-order valence-corrected chi connectivity index (χ4v) is 1.96. The Morgan fingerprint density at radius 2 is 1.94 bits per heavy atom. The molecule has 0 spiro atoms. The van der Waals surface area contributed by atoms with Crippen molar-refractivity contribution in [1.82, 2.24) is 9.97 Å². The third-order valence-electron chi connectivity index (χ3n) is 2.68. The first-order valence-electron chi connectivity index (χ1n) is 4.93. The predicted molar refractivity (Wildman–Crippen MR) is 60.3 cm³/mol. The first-order valence-corrected chi connectivity index (χ1v) is 5.30. The summed E-state index contributed by atoms with van der Waals surface area (Å²) < 4.78 is 38.4. The summed E-state index contributed by atoms with van der Waals surface area (Å²) in [5.41, 5.74) is -0.556. The molecule has 0 atom stereocenters. The summed E-state index contributed by atoms with van der Waals surface area (Å²) in [6.45, 7) is 3.06.